The van der Waals surface area contributed by atoms with Gasteiger partial charge in [0.1, 0.15) is 18.1 Å². The molecule has 0 saturated carbocycles. The van der Waals surface area contributed by atoms with Gasteiger partial charge in [-0.05, 0) is 30.3 Å². The number of ether oxygens (including phenoxy) is 1. The Balaban J connectivity index is 1.82. The molecule has 0 aromatic heterocycles. The first-order valence-electron chi connectivity index (χ1n) is 6.11. The second kappa shape index (κ2) is 6.96. The molecule has 0 aliphatic carbocycles. The van der Waals surface area contributed by atoms with E-state index >= 15 is 0 Å². The van der Waals surface area contributed by atoms with E-state index < -0.39 is 0 Å². The van der Waals surface area contributed by atoms with Crippen molar-refractivity contribution < 1.29 is 14.6 Å². The quantitative estimate of drug-likeness (QED) is 0.826. The highest BCUT2D eigenvalue weighted by Crippen LogP contribution is 2.21. The third kappa shape index (κ3) is 3.99. The highest BCUT2D eigenvalue weighted by Gasteiger charge is 2.10. The van der Waals surface area contributed by atoms with Crippen molar-refractivity contribution >= 4 is 21.8 Å². The number of benzene rings is 2. The number of carbonyl (C=O) groups excluding carboxylic acids is 1. The number of hydrogen-bond donors (Lipinski definition) is 2. The highest BCUT2D eigenvalue weighted by molar-refractivity contribution is 9.10. The summed E-state index contributed by atoms with van der Waals surface area (Å²) >= 11 is 3.26. The normalized spacial score (nSPS) is 10.1. The van der Waals surface area contributed by atoms with E-state index in [0.717, 1.165) is 10.2 Å². The Kier molecular flexibility index (Phi) is 5.01. The molecule has 20 heavy (non-hydrogen) atoms. The molecule has 0 radical (unpaired) electrons. The van der Waals surface area contributed by atoms with Crippen LogP contribution in [0.2, 0.25) is 0 Å². The smallest absolute Gasteiger partial charge is 0.255 e. The van der Waals surface area contributed by atoms with Crippen LogP contribution < -0.4 is 10.1 Å². The van der Waals surface area contributed by atoms with E-state index in [1.807, 2.05) is 30.3 Å². The van der Waals surface area contributed by atoms with E-state index in [4.69, 9.17) is 4.74 Å². The van der Waals surface area contributed by atoms with Gasteiger partial charge in [-0.2, -0.15) is 0 Å². The molecule has 1 amide bonds. The molecule has 104 valence electrons. The van der Waals surface area contributed by atoms with E-state index in [1.54, 1.807) is 12.1 Å². The third-order valence-corrected chi connectivity index (χ3v) is 3.10. The lowest BCUT2D eigenvalue weighted by Crippen LogP contribution is -2.28. The maximum atomic E-state index is 11.9. The Morgan fingerprint density at radius 3 is 2.70 bits per heavy atom. The van der Waals surface area contributed by atoms with Crippen molar-refractivity contribution in [3.05, 3.63) is 58.6 Å². The lowest BCUT2D eigenvalue weighted by atomic mass is 10.2. The van der Waals surface area contributed by atoms with Crippen LogP contribution in [-0.4, -0.2) is 24.2 Å². The SMILES string of the molecule is O=C(NCCOc1ccccc1)c1cc(Br)ccc1O. The molecule has 0 spiro atoms. The predicted octanol–water partition coefficient (Wildman–Crippen LogP) is 2.96. The topological polar surface area (TPSA) is 58.6 Å². The van der Waals surface area contributed by atoms with Crippen molar-refractivity contribution in [2.24, 2.45) is 0 Å². The minimum Gasteiger partial charge on any atom is -0.507 e. The summed E-state index contributed by atoms with van der Waals surface area (Å²) in [6.45, 7) is 0.726. The monoisotopic (exact) mass is 335 g/mol. The molecule has 0 atom stereocenters. The summed E-state index contributed by atoms with van der Waals surface area (Å²) in [4.78, 5) is 11.9. The second-order valence-corrected chi connectivity index (χ2v) is 4.99. The van der Waals surface area contributed by atoms with Crippen molar-refractivity contribution in [3.8, 4) is 11.5 Å². The van der Waals surface area contributed by atoms with Gasteiger partial charge in [0.05, 0.1) is 12.1 Å². The number of aromatic hydroxyl groups is 1. The molecule has 0 heterocycles. The highest BCUT2D eigenvalue weighted by atomic mass is 79.9. The number of phenols is 1. The van der Waals surface area contributed by atoms with Crippen LogP contribution in [0.4, 0.5) is 0 Å². The van der Waals surface area contributed by atoms with E-state index in [0.29, 0.717) is 13.2 Å². The molecular formula is C15H14BrNO3. The molecule has 2 rings (SSSR count). The number of carbonyl (C=O) groups is 1. The maximum Gasteiger partial charge on any atom is 0.255 e. The summed E-state index contributed by atoms with van der Waals surface area (Å²) in [5.41, 5.74) is 0.235. The minimum absolute atomic E-state index is 0.0466. The number of halogens is 1. The van der Waals surface area contributed by atoms with Gasteiger partial charge in [-0.3, -0.25) is 4.79 Å². The average molecular weight is 336 g/mol. The molecule has 5 heteroatoms. The molecule has 0 fully saturated rings. The molecule has 2 aromatic carbocycles. The van der Waals surface area contributed by atoms with E-state index in [9.17, 15) is 9.90 Å². The van der Waals surface area contributed by atoms with Gasteiger partial charge in [-0.25, -0.2) is 0 Å². The van der Waals surface area contributed by atoms with E-state index in [2.05, 4.69) is 21.2 Å². The lowest BCUT2D eigenvalue weighted by molar-refractivity contribution is 0.0944. The lowest BCUT2D eigenvalue weighted by Gasteiger charge is -2.08. The van der Waals surface area contributed by atoms with E-state index in [-0.39, 0.29) is 17.2 Å². The molecule has 0 unspecified atom stereocenters. The van der Waals surface area contributed by atoms with Gasteiger partial charge < -0.3 is 15.2 Å². The van der Waals surface area contributed by atoms with Crippen molar-refractivity contribution in [1.29, 1.82) is 0 Å². The van der Waals surface area contributed by atoms with Crippen LogP contribution >= 0.6 is 15.9 Å². The van der Waals surface area contributed by atoms with Crippen LogP contribution in [0.1, 0.15) is 10.4 Å². The Hall–Kier alpha value is -2.01. The zero-order valence-corrected chi connectivity index (χ0v) is 12.3. The molecule has 0 aliphatic rings. The fraction of sp³-hybridized carbons (Fsp3) is 0.133. The third-order valence-electron chi connectivity index (χ3n) is 2.60. The number of rotatable bonds is 5. The number of amides is 1. The van der Waals surface area contributed by atoms with Crippen molar-refractivity contribution in [3.63, 3.8) is 0 Å². The second-order valence-electron chi connectivity index (χ2n) is 4.08. The Morgan fingerprint density at radius 1 is 1.20 bits per heavy atom. The summed E-state index contributed by atoms with van der Waals surface area (Å²) in [6, 6.07) is 14.1. The zero-order valence-electron chi connectivity index (χ0n) is 10.7. The molecule has 2 N–H and O–H groups in total. The van der Waals surface area contributed by atoms with Gasteiger partial charge in [-0.1, -0.05) is 34.1 Å². The number of para-hydroxylation sites is 1. The van der Waals surface area contributed by atoms with Crippen LogP contribution in [-0.2, 0) is 0 Å². The molecule has 0 aliphatic heterocycles. The fourth-order valence-electron chi connectivity index (χ4n) is 1.64. The van der Waals surface area contributed by atoms with Crippen molar-refractivity contribution in [2.45, 2.75) is 0 Å². The van der Waals surface area contributed by atoms with Crippen molar-refractivity contribution in [1.82, 2.24) is 5.32 Å². The molecule has 4 nitrogen and oxygen atoms in total. The fourth-order valence-corrected chi connectivity index (χ4v) is 2.00. The standard InChI is InChI=1S/C15H14BrNO3/c16-11-6-7-14(18)13(10-11)15(19)17-8-9-20-12-4-2-1-3-5-12/h1-7,10,18H,8-9H2,(H,17,19). The van der Waals surface area contributed by atoms with Gasteiger partial charge in [-0.15, -0.1) is 0 Å². The average Bonchev–Trinajstić information content (AvgIpc) is 2.47. The van der Waals surface area contributed by atoms with Gasteiger partial charge in [0.25, 0.3) is 5.91 Å². The first kappa shape index (κ1) is 14.4. The van der Waals surface area contributed by atoms with Crippen LogP contribution in [0.25, 0.3) is 0 Å². The van der Waals surface area contributed by atoms with Crippen LogP contribution in [0.5, 0.6) is 11.5 Å². The Bertz CT molecular complexity index is 587. The minimum atomic E-state index is -0.333. The number of phenolic OH excluding ortho intramolecular Hbond substituents is 1. The molecule has 0 saturated heterocycles. The van der Waals surface area contributed by atoms with Gasteiger partial charge in [0.2, 0.25) is 0 Å². The summed E-state index contributed by atoms with van der Waals surface area (Å²) in [5, 5.41) is 12.3. The summed E-state index contributed by atoms with van der Waals surface area (Å²) in [5.74, 6) is 0.377. The largest absolute Gasteiger partial charge is 0.507 e. The Morgan fingerprint density at radius 2 is 1.95 bits per heavy atom. The van der Waals surface area contributed by atoms with Crippen molar-refractivity contribution in [2.75, 3.05) is 13.2 Å². The van der Waals surface area contributed by atoms with Crippen LogP contribution in [0.3, 0.4) is 0 Å². The van der Waals surface area contributed by atoms with Gasteiger partial charge in [0, 0.05) is 4.47 Å². The Labute approximate surface area is 125 Å². The zero-order chi connectivity index (χ0) is 14.4. The summed E-state index contributed by atoms with van der Waals surface area (Å²) < 4.78 is 6.20. The van der Waals surface area contributed by atoms with Gasteiger partial charge in [0.15, 0.2) is 0 Å². The van der Waals surface area contributed by atoms with Crippen LogP contribution in [0.15, 0.2) is 53.0 Å². The first-order chi connectivity index (χ1) is 9.66. The number of hydrogen-bond acceptors (Lipinski definition) is 3. The summed E-state index contributed by atoms with van der Waals surface area (Å²) in [7, 11) is 0. The number of nitrogens with one attached hydrogen (secondary N) is 1. The molecule has 0 bridgehead atoms. The predicted molar refractivity (Wildman–Crippen MR) is 80.1 cm³/mol. The van der Waals surface area contributed by atoms with Crippen LogP contribution in [0, 0.1) is 0 Å². The van der Waals surface area contributed by atoms with Gasteiger partial charge >= 0.3 is 0 Å². The van der Waals surface area contributed by atoms with E-state index in [1.165, 1.54) is 6.07 Å². The molecular weight excluding hydrogens is 322 g/mol. The molecule has 2 aromatic rings. The maximum absolute atomic E-state index is 11.9. The summed E-state index contributed by atoms with van der Waals surface area (Å²) in [6.07, 6.45) is 0. The first-order valence-corrected chi connectivity index (χ1v) is 6.90.